The predicted molar refractivity (Wildman–Crippen MR) is 90.3 cm³/mol. The first-order valence-corrected chi connectivity index (χ1v) is 8.54. The molecule has 0 radical (unpaired) electrons. The van der Waals surface area contributed by atoms with Gasteiger partial charge in [0.05, 0.1) is 6.33 Å². The van der Waals surface area contributed by atoms with Crippen LogP contribution in [0, 0.1) is 0 Å². The Morgan fingerprint density at radius 3 is 2.91 bits per heavy atom. The van der Waals surface area contributed by atoms with E-state index in [0.29, 0.717) is 6.04 Å². The number of hydrogen-bond donors (Lipinski definition) is 1. The summed E-state index contributed by atoms with van der Waals surface area (Å²) < 4.78 is 7.58. The fraction of sp³-hybridized carbons (Fsp3) is 0.765. The van der Waals surface area contributed by atoms with E-state index in [-0.39, 0.29) is 12.1 Å². The minimum atomic E-state index is -0.432. The Kier molecular flexibility index (Phi) is 6.04. The maximum absolute atomic E-state index is 12.3. The van der Waals surface area contributed by atoms with E-state index in [4.69, 9.17) is 4.74 Å². The van der Waals surface area contributed by atoms with Crippen LogP contribution in [0.1, 0.15) is 47.0 Å². The number of ether oxygens (including phenoxy) is 1. The van der Waals surface area contributed by atoms with Crippen LogP contribution in [0.2, 0.25) is 0 Å². The maximum Gasteiger partial charge on any atom is 0.410 e. The van der Waals surface area contributed by atoms with Crippen molar-refractivity contribution >= 4 is 6.09 Å². The quantitative estimate of drug-likeness (QED) is 0.875. The lowest BCUT2D eigenvalue weighted by Gasteiger charge is -2.30. The standard InChI is InChI=1S/C17H30N4O2/c1-14(19-8-11-20-10-7-18-13-20)12-15-6-5-9-21(15)16(22)23-17(2,3)4/h7,10,13-15,19H,5-6,8-9,11-12H2,1-4H3. The van der Waals surface area contributed by atoms with Crippen molar-refractivity contribution in [2.75, 3.05) is 13.1 Å². The zero-order valence-corrected chi connectivity index (χ0v) is 14.8. The van der Waals surface area contributed by atoms with Gasteiger partial charge in [0.1, 0.15) is 5.60 Å². The van der Waals surface area contributed by atoms with Gasteiger partial charge in [-0.05, 0) is 47.0 Å². The van der Waals surface area contributed by atoms with Gasteiger partial charge in [-0.15, -0.1) is 0 Å². The molecule has 1 aromatic rings. The molecule has 0 aromatic carbocycles. The number of carbonyl (C=O) groups is 1. The van der Waals surface area contributed by atoms with Crippen LogP contribution in [-0.2, 0) is 11.3 Å². The molecule has 1 aliphatic heterocycles. The number of likely N-dealkylation sites (tertiary alicyclic amines) is 1. The number of amides is 1. The van der Waals surface area contributed by atoms with Gasteiger partial charge in [-0.25, -0.2) is 9.78 Å². The first kappa shape index (κ1) is 17.8. The molecular weight excluding hydrogens is 292 g/mol. The average Bonchev–Trinajstić information content (AvgIpc) is 3.07. The molecular formula is C17H30N4O2. The first-order valence-electron chi connectivity index (χ1n) is 8.54. The Labute approximate surface area is 139 Å². The van der Waals surface area contributed by atoms with Crippen molar-refractivity contribution < 1.29 is 9.53 Å². The number of hydrogen-bond acceptors (Lipinski definition) is 4. The molecule has 1 saturated heterocycles. The second-order valence-electron chi connectivity index (χ2n) is 7.36. The Bertz CT molecular complexity index is 481. The van der Waals surface area contributed by atoms with E-state index in [1.807, 2.05) is 38.2 Å². The third-order valence-corrected chi connectivity index (χ3v) is 4.05. The van der Waals surface area contributed by atoms with Crippen LogP contribution in [-0.4, -0.2) is 51.3 Å². The largest absolute Gasteiger partial charge is 0.444 e. The Morgan fingerprint density at radius 2 is 2.26 bits per heavy atom. The summed E-state index contributed by atoms with van der Waals surface area (Å²) in [4.78, 5) is 18.2. The predicted octanol–water partition coefficient (Wildman–Crippen LogP) is 2.65. The van der Waals surface area contributed by atoms with Crippen LogP contribution in [0.25, 0.3) is 0 Å². The zero-order valence-electron chi connectivity index (χ0n) is 14.8. The Balaban J connectivity index is 1.75. The molecule has 1 aliphatic rings. The average molecular weight is 322 g/mol. The van der Waals surface area contributed by atoms with Gasteiger partial charge < -0.3 is 19.5 Å². The van der Waals surface area contributed by atoms with E-state index in [9.17, 15) is 4.79 Å². The highest BCUT2D eigenvalue weighted by Crippen LogP contribution is 2.24. The lowest BCUT2D eigenvalue weighted by Crippen LogP contribution is -2.42. The number of nitrogens with zero attached hydrogens (tertiary/aromatic N) is 3. The molecule has 2 unspecified atom stereocenters. The highest BCUT2D eigenvalue weighted by molar-refractivity contribution is 5.68. The third kappa shape index (κ3) is 5.86. The van der Waals surface area contributed by atoms with Gasteiger partial charge in [-0.1, -0.05) is 0 Å². The molecule has 6 heteroatoms. The monoisotopic (exact) mass is 322 g/mol. The van der Waals surface area contributed by atoms with Crippen molar-refractivity contribution in [3.63, 3.8) is 0 Å². The molecule has 2 atom stereocenters. The topological polar surface area (TPSA) is 59.4 Å². The molecule has 0 aliphatic carbocycles. The van der Waals surface area contributed by atoms with Crippen LogP contribution in [0.15, 0.2) is 18.7 Å². The SMILES string of the molecule is CC(CC1CCCN1C(=O)OC(C)(C)C)NCCn1ccnc1. The van der Waals surface area contributed by atoms with Crippen LogP contribution in [0.3, 0.4) is 0 Å². The molecule has 0 spiro atoms. The number of aromatic nitrogens is 2. The molecule has 1 N–H and O–H groups in total. The summed E-state index contributed by atoms with van der Waals surface area (Å²) in [6.45, 7) is 10.5. The minimum Gasteiger partial charge on any atom is -0.444 e. The van der Waals surface area contributed by atoms with Gasteiger partial charge in [0.15, 0.2) is 0 Å². The lowest BCUT2D eigenvalue weighted by molar-refractivity contribution is 0.0214. The molecule has 130 valence electrons. The normalized spacial score (nSPS) is 19.8. The second-order valence-corrected chi connectivity index (χ2v) is 7.36. The van der Waals surface area contributed by atoms with Crippen molar-refractivity contribution in [3.05, 3.63) is 18.7 Å². The summed E-state index contributed by atoms with van der Waals surface area (Å²) in [5.41, 5.74) is -0.432. The van der Waals surface area contributed by atoms with Gasteiger partial charge in [0.25, 0.3) is 0 Å². The lowest BCUT2D eigenvalue weighted by atomic mass is 10.1. The van der Waals surface area contributed by atoms with Crippen molar-refractivity contribution in [3.8, 4) is 0 Å². The van der Waals surface area contributed by atoms with E-state index < -0.39 is 5.60 Å². The number of carbonyl (C=O) groups excluding carboxylic acids is 1. The highest BCUT2D eigenvalue weighted by Gasteiger charge is 2.32. The van der Waals surface area contributed by atoms with Crippen molar-refractivity contribution in [1.29, 1.82) is 0 Å². The van der Waals surface area contributed by atoms with Crippen LogP contribution in [0.4, 0.5) is 4.79 Å². The molecule has 0 saturated carbocycles. The van der Waals surface area contributed by atoms with E-state index in [2.05, 4.69) is 21.8 Å². The number of rotatable bonds is 6. The molecule has 6 nitrogen and oxygen atoms in total. The molecule has 1 amide bonds. The third-order valence-electron chi connectivity index (χ3n) is 4.05. The molecule has 0 bridgehead atoms. The molecule has 1 aromatic heterocycles. The van der Waals surface area contributed by atoms with E-state index in [0.717, 1.165) is 38.9 Å². The van der Waals surface area contributed by atoms with E-state index in [1.54, 1.807) is 6.20 Å². The van der Waals surface area contributed by atoms with Crippen LogP contribution < -0.4 is 5.32 Å². The van der Waals surface area contributed by atoms with Gasteiger partial charge in [-0.3, -0.25) is 0 Å². The summed E-state index contributed by atoms with van der Waals surface area (Å²) >= 11 is 0. The molecule has 2 heterocycles. The Hall–Kier alpha value is -1.56. The van der Waals surface area contributed by atoms with Crippen LogP contribution in [0.5, 0.6) is 0 Å². The maximum atomic E-state index is 12.3. The van der Waals surface area contributed by atoms with Crippen LogP contribution >= 0.6 is 0 Å². The summed E-state index contributed by atoms with van der Waals surface area (Å²) in [6.07, 6.45) is 8.49. The highest BCUT2D eigenvalue weighted by atomic mass is 16.6. The fourth-order valence-electron chi connectivity index (χ4n) is 2.99. The number of imidazole rings is 1. The van der Waals surface area contributed by atoms with Gasteiger partial charge >= 0.3 is 6.09 Å². The van der Waals surface area contributed by atoms with E-state index in [1.165, 1.54) is 0 Å². The van der Waals surface area contributed by atoms with Crippen molar-refractivity contribution in [2.24, 2.45) is 0 Å². The van der Waals surface area contributed by atoms with Gasteiger partial charge in [0.2, 0.25) is 0 Å². The zero-order chi connectivity index (χ0) is 16.9. The second kappa shape index (κ2) is 7.81. The Morgan fingerprint density at radius 1 is 1.48 bits per heavy atom. The number of nitrogens with one attached hydrogen (secondary N) is 1. The smallest absolute Gasteiger partial charge is 0.410 e. The summed E-state index contributed by atoms with van der Waals surface area (Å²) in [7, 11) is 0. The molecule has 2 rings (SSSR count). The summed E-state index contributed by atoms with van der Waals surface area (Å²) in [5.74, 6) is 0. The van der Waals surface area contributed by atoms with Gasteiger partial charge in [-0.2, -0.15) is 0 Å². The molecule has 1 fully saturated rings. The summed E-state index contributed by atoms with van der Waals surface area (Å²) in [6, 6.07) is 0.646. The summed E-state index contributed by atoms with van der Waals surface area (Å²) in [5, 5.41) is 3.53. The van der Waals surface area contributed by atoms with E-state index >= 15 is 0 Å². The minimum absolute atomic E-state index is 0.175. The fourth-order valence-corrected chi connectivity index (χ4v) is 2.99. The van der Waals surface area contributed by atoms with Crippen molar-refractivity contribution in [1.82, 2.24) is 19.8 Å². The van der Waals surface area contributed by atoms with Gasteiger partial charge in [0, 0.05) is 44.1 Å². The molecule has 23 heavy (non-hydrogen) atoms. The first-order chi connectivity index (χ1) is 10.8. The van der Waals surface area contributed by atoms with Crippen molar-refractivity contribution in [2.45, 2.75) is 71.2 Å².